The minimum Gasteiger partial charge on any atom is -0.477 e. The number of methoxy groups -OCH3 is 1. The van der Waals surface area contributed by atoms with Crippen LogP contribution in [0.2, 0.25) is 0 Å². The Kier molecular flexibility index (Phi) is 7.14. The van der Waals surface area contributed by atoms with Crippen LogP contribution in [0.5, 0.6) is 5.88 Å². The normalized spacial score (nSPS) is 10.8. The van der Waals surface area contributed by atoms with Crippen molar-refractivity contribution < 1.29 is 9.47 Å². The second-order valence-electron chi connectivity index (χ2n) is 4.48. The molecular weight excluding hydrogens is 244 g/mol. The molecule has 1 heterocycles. The third kappa shape index (κ3) is 6.35. The van der Waals surface area contributed by atoms with Gasteiger partial charge in [0, 0.05) is 26.3 Å². The van der Waals surface area contributed by atoms with Gasteiger partial charge in [0.05, 0.1) is 6.61 Å². The predicted molar refractivity (Wildman–Crippen MR) is 75.6 cm³/mol. The molecule has 0 saturated heterocycles. The second kappa shape index (κ2) is 8.66. The first-order chi connectivity index (χ1) is 9.15. The molecule has 0 aliphatic rings. The number of ether oxygens (including phenoxy) is 2. The average molecular weight is 268 g/mol. The molecule has 0 saturated carbocycles. The van der Waals surface area contributed by atoms with Gasteiger partial charge in [0.15, 0.2) is 5.82 Å². The molecule has 19 heavy (non-hydrogen) atoms. The fourth-order valence-electron chi connectivity index (χ4n) is 1.57. The van der Waals surface area contributed by atoms with E-state index in [1.807, 2.05) is 27.1 Å². The van der Waals surface area contributed by atoms with Crippen LogP contribution in [-0.4, -0.2) is 55.8 Å². The average Bonchev–Trinajstić information content (AvgIpc) is 2.35. The fourth-order valence-corrected chi connectivity index (χ4v) is 1.57. The van der Waals surface area contributed by atoms with Crippen molar-refractivity contribution in [2.75, 3.05) is 46.2 Å². The highest BCUT2D eigenvalue weighted by atomic mass is 16.5. The molecular formula is C13H24N4O2. The van der Waals surface area contributed by atoms with Gasteiger partial charge in [0.1, 0.15) is 12.4 Å². The van der Waals surface area contributed by atoms with Crippen LogP contribution >= 0.6 is 0 Å². The molecule has 0 unspecified atom stereocenters. The summed E-state index contributed by atoms with van der Waals surface area (Å²) < 4.78 is 10.7. The maximum Gasteiger partial charge on any atom is 0.218 e. The van der Waals surface area contributed by atoms with Crippen molar-refractivity contribution in [3.63, 3.8) is 0 Å². The van der Waals surface area contributed by atoms with Gasteiger partial charge < -0.3 is 19.7 Å². The largest absolute Gasteiger partial charge is 0.477 e. The van der Waals surface area contributed by atoms with E-state index in [-0.39, 0.29) is 0 Å². The van der Waals surface area contributed by atoms with Gasteiger partial charge in [-0.15, -0.1) is 0 Å². The molecule has 0 bridgehead atoms. The van der Waals surface area contributed by atoms with E-state index in [9.17, 15) is 0 Å². The summed E-state index contributed by atoms with van der Waals surface area (Å²) in [7, 11) is 5.72. The summed E-state index contributed by atoms with van der Waals surface area (Å²) in [4.78, 5) is 10.8. The van der Waals surface area contributed by atoms with Crippen LogP contribution in [0.15, 0.2) is 6.07 Å². The lowest BCUT2D eigenvalue weighted by molar-refractivity contribution is 0.176. The molecule has 108 valence electrons. The third-order valence-corrected chi connectivity index (χ3v) is 2.38. The van der Waals surface area contributed by atoms with Gasteiger partial charge in [-0.3, -0.25) is 0 Å². The van der Waals surface area contributed by atoms with Crippen molar-refractivity contribution in [3.05, 3.63) is 11.9 Å². The zero-order chi connectivity index (χ0) is 14.1. The molecule has 0 amide bonds. The minimum absolute atomic E-state index is 0.382. The van der Waals surface area contributed by atoms with E-state index >= 15 is 0 Å². The smallest absolute Gasteiger partial charge is 0.218 e. The zero-order valence-electron chi connectivity index (χ0n) is 12.3. The van der Waals surface area contributed by atoms with Crippen LogP contribution in [0.1, 0.15) is 19.2 Å². The molecule has 0 spiro atoms. The van der Waals surface area contributed by atoms with Crippen LogP contribution in [0.25, 0.3) is 0 Å². The van der Waals surface area contributed by atoms with Gasteiger partial charge in [-0.2, -0.15) is 4.98 Å². The third-order valence-electron chi connectivity index (χ3n) is 2.38. The van der Waals surface area contributed by atoms with Crippen LogP contribution in [0.3, 0.4) is 0 Å². The van der Waals surface area contributed by atoms with Crippen molar-refractivity contribution in [1.82, 2.24) is 14.9 Å². The quantitative estimate of drug-likeness (QED) is 0.683. The molecule has 0 aromatic carbocycles. The van der Waals surface area contributed by atoms with E-state index in [2.05, 4.69) is 20.2 Å². The van der Waals surface area contributed by atoms with Gasteiger partial charge in [0.2, 0.25) is 5.88 Å². The number of nitrogens with zero attached hydrogens (tertiary/aromatic N) is 3. The molecule has 0 fully saturated rings. The van der Waals surface area contributed by atoms with Crippen LogP contribution in [0, 0.1) is 0 Å². The summed E-state index contributed by atoms with van der Waals surface area (Å²) in [5.74, 6) is 1.99. The Morgan fingerprint density at radius 3 is 2.74 bits per heavy atom. The van der Waals surface area contributed by atoms with Crippen molar-refractivity contribution in [3.8, 4) is 5.88 Å². The monoisotopic (exact) mass is 268 g/mol. The van der Waals surface area contributed by atoms with E-state index in [1.54, 1.807) is 7.11 Å². The standard InChI is InChI=1S/C13H24N4O2/c1-5-14-11-9-13(16-12(15-11)10-18-4)19-8-6-7-17(2)3/h9H,5-8,10H2,1-4H3,(H,14,15,16). The summed E-state index contributed by atoms with van der Waals surface area (Å²) in [6, 6.07) is 1.82. The maximum absolute atomic E-state index is 5.66. The first-order valence-electron chi connectivity index (χ1n) is 6.54. The van der Waals surface area contributed by atoms with Gasteiger partial charge >= 0.3 is 0 Å². The Balaban J connectivity index is 2.59. The van der Waals surface area contributed by atoms with Crippen LogP contribution < -0.4 is 10.1 Å². The summed E-state index contributed by atoms with van der Waals surface area (Å²) in [6.45, 7) is 4.86. The molecule has 1 rings (SSSR count). The Labute approximate surface area is 115 Å². The first-order valence-corrected chi connectivity index (χ1v) is 6.54. The Morgan fingerprint density at radius 2 is 2.11 bits per heavy atom. The maximum atomic E-state index is 5.66. The van der Waals surface area contributed by atoms with Crippen LogP contribution in [0.4, 0.5) is 5.82 Å². The summed E-state index contributed by atoms with van der Waals surface area (Å²) in [5, 5.41) is 3.16. The Hall–Kier alpha value is -1.40. The van der Waals surface area contributed by atoms with Gasteiger partial charge in [0.25, 0.3) is 0 Å². The van der Waals surface area contributed by atoms with Crippen molar-refractivity contribution in [1.29, 1.82) is 0 Å². The lowest BCUT2D eigenvalue weighted by Crippen LogP contribution is -2.16. The number of aromatic nitrogens is 2. The van der Waals surface area contributed by atoms with E-state index in [1.165, 1.54) is 0 Å². The highest BCUT2D eigenvalue weighted by Crippen LogP contribution is 2.14. The van der Waals surface area contributed by atoms with Crippen LogP contribution in [-0.2, 0) is 11.3 Å². The van der Waals surface area contributed by atoms with E-state index < -0.39 is 0 Å². The Morgan fingerprint density at radius 1 is 1.32 bits per heavy atom. The molecule has 6 nitrogen and oxygen atoms in total. The summed E-state index contributed by atoms with van der Waals surface area (Å²) >= 11 is 0. The fraction of sp³-hybridized carbons (Fsp3) is 0.692. The number of nitrogens with one attached hydrogen (secondary N) is 1. The molecule has 0 aliphatic carbocycles. The van der Waals surface area contributed by atoms with E-state index in [0.717, 1.165) is 25.3 Å². The Bertz CT molecular complexity index is 347. The predicted octanol–water partition coefficient (Wildman–Crippen LogP) is 1.39. The zero-order valence-corrected chi connectivity index (χ0v) is 12.3. The molecule has 0 radical (unpaired) electrons. The molecule has 1 aromatic rings. The van der Waals surface area contributed by atoms with Gasteiger partial charge in [-0.25, -0.2) is 4.98 Å². The highest BCUT2D eigenvalue weighted by Gasteiger charge is 2.05. The highest BCUT2D eigenvalue weighted by molar-refractivity contribution is 5.38. The number of anilines is 1. The molecule has 1 N–H and O–H groups in total. The second-order valence-corrected chi connectivity index (χ2v) is 4.48. The van der Waals surface area contributed by atoms with Gasteiger partial charge in [-0.05, 0) is 27.4 Å². The lowest BCUT2D eigenvalue weighted by Gasteiger charge is -2.11. The van der Waals surface area contributed by atoms with Crippen molar-refractivity contribution in [2.24, 2.45) is 0 Å². The number of rotatable bonds is 9. The number of hydrogen-bond donors (Lipinski definition) is 1. The topological polar surface area (TPSA) is 59.5 Å². The van der Waals surface area contributed by atoms with E-state index in [0.29, 0.717) is 24.9 Å². The molecule has 1 aromatic heterocycles. The van der Waals surface area contributed by atoms with Crippen molar-refractivity contribution in [2.45, 2.75) is 20.0 Å². The summed E-state index contributed by atoms with van der Waals surface area (Å²) in [6.07, 6.45) is 0.965. The summed E-state index contributed by atoms with van der Waals surface area (Å²) in [5.41, 5.74) is 0. The van der Waals surface area contributed by atoms with Gasteiger partial charge in [-0.1, -0.05) is 0 Å². The van der Waals surface area contributed by atoms with Crippen molar-refractivity contribution >= 4 is 5.82 Å². The molecule has 0 aliphatic heterocycles. The lowest BCUT2D eigenvalue weighted by atomic mass is 10.4. The molecule has 0 atom stereocenters. The minimum atomic E-state index is 0.382. The SMILES string of the molecule is CCNc1cc(OCCCN(C)C)nc(COC)n1. The van der Waals surface area contributed by atoms with E-state index in [4.69, 9.17) is 9.47 Å². The molecule has 6 heteroatoms. The first kappa shape index (κ1) is 15.7. The number of hydrogen-bond acceptors (Lipinski definition) is 6.